The summed E-state index contributed by atoms with van der Waals surface area (Å²) in [6.45, 7) is 6.24. The second-order valence-corrected chi connectivity index (χ2v) is 7.44. The van der Waals surface area contributed by atoms with Crippen molar-refractivity contribution < 1.29 is 13.2 Å². The van der Waals surface area contributed by atoms with Gasteiger partial charge in [-0.15, -0.1) is 6.42 Å². The van der Waals surface area contributed by atoms with Gasteiger partial charge in [0.2, 0.25) is 0 Å². The van der Waals surface area contributed by atoms with Crippen LogP contribution in [0.15, 0.2) is 0 Å². The zero-order valence-corrected chi connectivity index (χ0v) is 14.2. The highest BCUT2D eigenvalue weighted by molar-refractivity contribution is 7.87. The van der Waals surface area contributed by atoms with Crippen molar-refractivity contribution in [3.8, 4) is 12.3 Å². The second kappa shape index (κ2) is 8.98. The lowest BCUT2D eigenvalue weighted by atomic mass is 10.1. The maximum absolute atomic E-state index is 12.0. The summed E-state index contributed by atoms with van der Waals surface area (Å²) in [5, 5.41) is 2.87. The number of amides is 2. The molecule has 1 saturated heterocycles. The molecule has 22 heavy (non-hydrogen) atoms. The van der Waals surface area contributed by atoms with E-state index in [1.54, 1.807) is 4.90 Å². The van der Waals surface area contributed by atoms with E-state index in [0.717, 1.165) is 12.8 Å². The molecule has 126 valence electrons. The van der Waals surface area contributed by atoms with Crippen LogP contribution in [0.1, 0.15) is 26.7 Å². The van der Waals surface area contributed by atoms with Crippen molar-refractivity contribution in [2.45, 2.75) is 26.7 Å². The summed E-state index contributed by atoms with van der Waals surface area (Å²) in [6, 6.07) is -0.127. The SMILES string of the molecule is C#CCNS(=O)(=O)N1CCN(C(=O)NCCCC(C)C)CC1. The summed E-state index contributed by atoms with van der Waals surface area (Å²) in [5.74, 6) is 2.86. The number of hydrogen-bond acceptors (Lipinski definition) is 3. The van der Waals surface area contributed by atoms with Crippen LogP contribution in [0.4, 0.5) is 4.79 Å². The second-order valence-electron chi connectivity index (χ2n) is 5.68. The molecular weight excluding hydrogens is 304 g/mol. The monoisotopic (exact) mass is 330 g/mol. The van der Waals surface area contributed by atoms with Crippen LogP contribution in [-0.2, 0) is 10.2 Å². The molecule has 0 bridgehead atoms. The fraction of sp³-hybridized carbons (Fsp3) is 0.786. The Balaban J connectivity index is 2.32. The summed E-state index contributed by atoms with van der Waals surface area (Å²) in [4.78, 5) is 13.6. The first-order valence-corrected chi connectivity index (χ1v) is 9.02. The molecule has 2 amide bonds. The number of carbonyl (C=O) groups excluding carboxylic acids is 1. The molecule has 7 nitrogen and oxygen atoms in total. The van der Waals surface area contributed by atoms with E-state index in [9.17, 15) is 13.2 Å². The minimum Gasteiger partial charge on any atom is -0.338 e. The van der Waals surface area contributed by atoms with Gasteiger partial charge in [0.1, 0.15) is 0 Å². The maximum Gasteiger partial charge on any atom is 0.317 e. The lowest BCUT2D eigenvalue weighted by Crippen LogP contribution is -2.55. The molecule has 0 aromatic carbocycles. The fourth-order valence-corrected chi connectivity index (χ4v) is 3.27. The first-order chi connectivity index (χ1) is 10.4. The van der Waals surface area contributed by atoms with Crippen molar-refractivity contribution in [1.29, 1.82) is 0 Å². The average Bonchev–Trinajstić information content (AvgIpc) is 2.49. The molecule has 8 heteroatoms. The summed E-state index contributed by atoms with van der Waals surface area (Å²) >= 11 is 0. The van der Waals surface area contributed by atoms with Gasteiger partial charge in [0.05, 0.1) is 6.54 Å². The van der Waals surface area contributed by atoms with Crippen LogP contribution in [0.3, 0.4) is 0 Å². The first-order valence-electron chi connectivity index (χ1n) is 7.57. The zero-order chi connectivity index (χ0) is 16.6. The molecule has 0 atom stereocenters. The Kier molecular flexibility index (Phi) is 7.65. The van der Waals surface area contributed by atoms with Crippen molar-refractivity contribution >= 4 is 16.2 Å². The Bertz CT molecular complexity index is 491. The number of nitrogens with zero attached hydrogens (tertiary/aromatic N) is 2. The number of nitrogens with one attached hydrogen (secondary N) is 2. The van der Waals surface area contributed by atoms with Gasteiger partial charge in [-0.3, -0.25) is 0 Å². The minimum atomic E-state index is -3.54. The standard InChI is InChI=1S/C14H26N4O3S/c1-4-7-16-22(20,21)18-11-9-17(10-12-18)14(19)15-8-5-6-13(2)3/h1,13,16H,5-12H2,2-3H3,(H,15,19). The lowest BCUT2D eigenvalue weighted by Gasteiger charge is -2.33. The van der Waals surface area contributed by atoms with Crippen LogP contribution in [0.2, 0.25) is 0 Å². The quantitative estimate of drug-likeness (QED) is 0.517. The summed E-state index contributed by atoms with van der Waals surface area (Å²) < 4.78 is 27.4. The average molecular weight is 330 g/mol. The zero-order valence-electron chi connectivity index (χ0n) is 13.3. The van der Waals surface area contributed by atoms with Crippen LogP contribution in [-0.4, -0.2) is 62.9 Å². The topological polar surface area (TPSA) is 81.8 Å². The lowest BCUT2D eigenvalue weighted by molar-refractivity contribution is 0.171. The third-order valence-electron chi connectivity index (χ3n) is 3.46. The van der Waals surface area contributed by atoms with Gasteiger partial charge >= 0.3 is 6.03 Å². The van der Waals surface area contributed by atoms with Gasteiger partial charge in [0, 0.05) is 32.7 Å². The Labute approximate surface area is 133 Å². The minimum absolute atomic E-state index is 0.0289. The Hall–Kier alpha value is -1.30. The van der Waals surface area contributed by atoms with Gasteiger partial charge in [-0.1, -0.05) is 19.8 Å². The van der Waals surface area contributed by atoms with E-state index in [1.165, 1.54) is 4.31 Å². The normalized spacial score (nSPS) is 16.5. The number of hydrogen-bond donors (Lipinski definition) is 2. The third-order valence-corrected chi connectivity index (χ3v) is 5.01. The smallest absolute Gasteiger partial charge is 0.317 e. The first kappa shape index (κ1) is 18.7. The van der Waals surface area contributed by atoms with E-state index in [1.807, 2.05) is 0 Å². The van der Waals surface area contributed by atoms with Gasteiger partial charge < -0.3 is 10.2 Å². The van der Waals surface area contributed by atoms with Crippen LogP contribution in [0.25, 0.3) is 0 Å². The molecule has 0 unspecified atom stereocenters. The molecule has 2 N–H and O–H groups in total. The number of terminal acetylenes is 1. The molecular formula is C14H26N4O3S. The molecule has 0 radical (unpaired) electrons. The van der Waals surface area contributed by atoms with E-state index in [2.05, 4.69) is 29.8 Å². The van der Waals surface area contributed by atoms with E-state index in [4.69, 9.17) is 6.42 Å². The number of carbonyl (C=O) groups is 1. The van der Waals surface area contributed by atoms with Gasteiger partial charge in [-0.25, -0.2) is 4.79 Å². The molecule has 1 aliphatic heterocycles. The molecule has 1 rings (SSSR count). The maximum atomic E-state index is 12.0. The van der Waals surface area contributed by atoms with Crippen LogP contribution in [0, 0.1) is 18.3 Å². The van der Waals surface area contributed by atoms with Gasteiger partial charge in [-0.2, -0.15) is 17.4 Å². The number of urea groups is 1. The van der Waals surface area contributed by atoms with Crippen molar-refractivity contribution in [3.05, 3.63) is 0 Å². The van der Waals surface area contributed by atoms with Gasteiger partial charge in [-0.05, 0) is 18.8 Å². The van der Waals surface area contributed by atoms with Crippen molar-refractivity contribution in [2.75, 3.05) is 39.3 Å². The molecule has 1 aliphatic rings. The van der Waals surface area contributed by atoms with Crippen molar-refractivity contribution in [3.63, 3.8) is 0 Å². The molecule has 0 aromatic rings. The predicted octanol–water partition coefficient (Wildman–Crippen LogP) is 0.217. The predicted molar refractivity (Wildman–Crippen MR) is 86.4 cm³/mol. The van der Waals surface area contributed by atoms with Crippen LogP contribution < -0.4 is 10.0 Å². The summed E-state index contributed by atoms with van der Waals surface area (Å²) in [5.41, 5.74) is 0. The van der Waals surface area contributed by atoms with Gasteiger partial charge in [0.15, 0.2) is 0 Å². The van der Waals surface area contributed by atoms with Crippen molar-refractivity contribution in [1.82, 2.24) is 19.2 Å². The Morgan fingerprint density at radius 1 is 1.27 bits per heavy atom. The summed E-state index contributed by atoms with van der Waals surface area (Å²) in [6.07, 6.45) is 7.08. The summed E-state index contributed by atoms with van der Waals surface area (Å²) in [7, 11) is -3.54. The number of piperazine rings is 1. The van der Waals surface area contributed by atoms with E-state index in [-0.39, 0.29) is 25.7 Å². The Morgan fingerprint density at radius 3 is 2.45 bits per heavy atom. The highest BCUT2D eigenvalue weighted by Gasteiger charge is 2.28. The highest BCUT2D eigenvalue weighted by Crippen LogP contribution is 2.07. The molecule has 1 fully saturated rings. The molecule has 0 aliphatic carbocycles. The highest BCUT2D eigenvalue weighted by atomic mass is 32.2. The van der Waals surface area contributed by atoms with E-state index >= 15 is 0 Å². The van der Waals surface area contributed by atoms with Crippen molar-refractivity contribution in [2.24, 2.45) is 5.92 Å². The van der Waals surface area contributed by atoms with Crippen LogP contribution in [0.5, 0.6) is 0 Å². The Morgan fingerprint density at radius 2 is 1.91 bits per heavy atom. The fourth-order valence-electron chi connectivity index (χ4n) is 2.17. The van der Waals surface area contributed by atoms with Crippen LogP contribution >= 0.6 is 0 Å². The van der Waals surface area contributed by atoms with E-state index in [0.29, 0.717) is 25.6 Å². The van der Waals surface area contributed by atoms with E-state index < -0.39 is 10.2 Å². The molecule has 0 spiro atoms. The molecule has 0 aromatic heterocycles. The van der Waals surface area contributed by atoms with Gasteiger partial charge in [0.25, 0.3) is 10.2 Å². The molecule has 1 heterocycles. The number of rotatable bonds is 7. The largest absolute Gasteiger partial charge is 0.338 e. The third kappa shape index (κ3) is 6.22. The molecule has 0 saturated carbocycles.